The molecule has 1 aliphatic heterocycles. The molecule has 9 heteroatoms. The van der Waals surface area contributed by atoms with E-state index in [1.54, 1.807) is 25.1 Å². The highest BCUT2D eigenvalue weighted by atomic mass is 19.1. The predicted molar refractivity (Wildman–Crippen MR) is 130 cm³/mol. The van der Waals surface area contributed by atoms with Crippen molar-refractivity contribution in [2.24, 2.45) is 0 Å². The second kappa shape index (κ2) is 9.26. The number of methoxy groups -OCH3 is 1. The van der Waals surface area contributed by atoms with E-state index >= 15 is 0 Å². The molecule has 0 fully saturated rings. The van der Waals surface area contributed by atoms with Crippen LogP contribution in [0.4, 0.5) is 19.3 Å². The van der Waals surface area contributed by atoms with E-state index in [9.17, 15) is 13.6 Å². The fourth-order valence-electron chi connectivity index (χ4n) is 4.22. The lowest BCUT2D eigenvalue weighted by atomic mass is 9.94. The van der Waals surface area contributed by atoms with Crippen LogP contribution in [0.2, 0.25) is 0 Å². The van der Waals surface area contributed by atoms with Gasteiger partial charge in [0.15, 0.2) is 11.6 Å². The Bertz CT molecular complexity index is 1480. The normalized spacial score (nSPS) is 15.8. The number of hydrogen-bond acceptors (Lipinski definition) is 5. The minimum Gasteiger partial charge on any atom is -0.494 e. The summed E-state index contributed by atoms with van der Waals surface area (Å²) in [6, 6.07) is 16.6. The number of allylic oxidation sites excluding steroid dienone is 1. The fraction of sp³-hybridized carbons (Fsp3) is 0.148. The largest absolute Gasteiger partial charge is 0.494 e. The van der Waals surface area contributed by atoms with Gasteiger partial charge in [0, 0.05) is 11.3 Å². The van der Waals surface area contributed by atoms with Crippen LogP contribution in [0.25, 0.3) is 17.0 Å². The van der Waals surface area contributed by atoms with Crippen LogP contribution < -0.4 is 15.0 Å². The topological polar surface area (TPSA) is 80.5 Å². The van der Waals surface area contributed by atoms with Crippen molar-refractivity contribution in [3.05, 3.63) is 101 Å². The Labute approximate surface area is 206 Å². The Morgan fingerprint density at radius 3 is 2.50 bits per heavy atom. The molecule has 0 radical (unpaired) electrons. The summed E-state index contributed by atoms with van der Waals surface area (Å²) in [6.45, 7) is 3.72. The Hall–Kier alpha value is -4.53. The van der Waals surface area contributed by atoms with E-state index in [0.29, 0.717) is 28.1 Å². The van der Waals surface area contributed by atoms with Crippen LogP contribution in [0.1, 0.15) is 30.0 Å². The molecule has 1 N–H and O–H groups in total. The SMILES string of the molecule is COc1ccc(-c2noc(C3=C(C)N(c4ccc(C)cc4)C(=O)NC3c3cccc(F)c3)n2)cc1F. The Morgan fingerprint density at radius 2 is 1.81 bits per heavy atom. The lowest BCUT2D eigenvalue weighted by Gasteiger charge is -2.35. The highest BCUT2D eigenvalue weighted by Crippen LogP contribution is 2.39. The molecule has 1 unspecified atom stereocenters. The molecule has 0 aliphatic carbocycles. The third-order valence-electron chi connectivity index (χ3n) is 6.03. The zero-order valence-electron chi connectivity index (χ0n) is 19.8. The van der Waals surface area contributed by atoms with Crippen molar-refractivity contribution in [1.82, 2.24) is 15.5 Å². The monoisotopic (exact) mass is 488 g/mol. The molecule has 1 atom stereocenters. The number of ether oxygens (including phenoxy) is 1. The van der Waals surface area contributed by atoms with Gasteiger partial charge in [-0.3, -0.25) is 4.90 Å². The summed E-state index contributed by atoms with van der Waals surface area (Å²) in [5.41, 5.74) is 3.61. The average Bonchev–Trinajstić information content (AvgIpc) is 3.34. The summed E-state index contributed by atoms with van der Waals surface area (Å²) < 4.78 is 39.0. The molecule has 0 spiro atoms. The lowest BCUT2D eigenvalue weighted by molar-refractivity contribution is 0.244. The van der Waals surface area contributed by atoms with Gasteiger partial charge in [-0.25, -0.2) is 13.6 Å². The molecule has 182 valence electrons. The Morgan fingerprint density at radius 1 is 1.03 bits per heavy atom. The van der Waals surface area contributed by atoms with Gasteiger partial charge in [0.25, 0.3) is 5.89 Å². The molecule has 1 aromatic heterocycles. The number of aromatic nitrogens is 2. The number of amides is 2. The number of anilines is 1. The van der Waals surface area contributed by atoms with Crippen LogP contribution in [-0.4, -0.2) is 23.3 Å². The van der Waals surface area contributed by atoms with Gasteiger partial charge in [-0.2, -0.15) is 4.98 Å². The van der Waals surface area contributed by atoms with Gasteiger partial charge in [0.1, 0.15) is 5.82 Å². The van der Waals surface area contributed by atoms with E-state index in [1.807, 2.05) is 31.2 Å². The number of carbonyl (C=O) groups is 1. The summed E-state index contributed by atoms with van der Waals surface area (Å²) in [5.74, 6) is -0.644. The van der Waals surface area contributed by atoms with Crippen molar-refractivity contribution in [3.8, 4) is 17.1 Å². The van der Waals surface area contributed by atoms with Crippen LogP contribution in [-0.2, 0) is 0 Å². The molecule has 0 bridgehead atoms. The van der Waals surface area contributed by atoms with Crippen molar-refractivity contribution >= 4 is 17.3 Å². The van der Waals surface area contributed by atoms with Gasteiger partial charge in [0.05, 0.1) is 24.4 Å². The van der Waals surface area contributed by atoms with E-state index < -0.39 is 17.7 Å². The van der Waals surface area contributed by atoms with Crippen molar-refractivity contribution in [2.45, 2.75) is 19.9 Å². The molecule has 1 aliphatic rings. The van der Waals surface area contributed by atoms with Crippen LogP contribution in [0.5, 0.6) is 5.75 Å². The summed E-state index contributed by atoms with van der Waals surface area (Å²) in [7, 11) is 1.38. The highest BCUT2D eigenvalue weighted by molar-refractivity contribution is 6.01. The highest BCUT2D eigenvalue weighted by Gasteiger charge is 2.36. The van der Waals surface area contributed by atoms with Gasteiger partial charge in [-0.1, -0.05) is 35.0 Å². The van der Waals surface area contributed by atoms with Gasteiger partial charge < -0.3 is 14.6 Å². The third kappa shape index (κ3) is 4.19. The molecular formula is C27H22F2N4O3. The first-order valence-corrected chi connectivity index (χ1v) is 11.2. The molecule has 2 heterocycles. The van der Waals surface area contributed by atoms with Gasteiger partial charge in [-0.15, -0.1) is 0 Å². The quantitative estimate of drug-likeness (QED) is 0.371. The van der Waals surface area contributed by atoms with E-state index in [4.69, 9.17) is 9.26 Å². The second-order valence-electron chi connectivity index (χ2n) is 8.38. The Balaban J connectivity index is 1.64. The number of benzene rings is 3. The maximum Gasteiger partial charge on any atom is 0.326 e. The molecular weight excluding hydrogens is 466 g/mol. The predicted octanol–water partition coefficient (Wildman–Crippen LogP) is 6.03. The van der Waals surface area contributed by atoms with Gasteiger partial charge in [-0.05, 0) is 61.9 Å². The van der Waals surface area contributed by atoms with E-state index in [2.05, 4.69) is 15.5 Å². The zero-order chi connectivity index (χ0) is 25.4. The molecule has 0 saturated carbocycles. The van der Waals surface area contributed by atoms with Crippen LogP contribution >= 0.6 is 0 Å². The average molecular weight is 488 g/mol. The van der Waals surface area contributed by atoms with Crippen LogP contribution in [0.3, 0.4) is 0 Å². The maximum absolute atomic E-state index is 14.3. The summed E-state index contributed by atoms with van der Waals surface area (Å²) in [5, 5.41) is 6.97. The number of rotatable bonds is 5. The molecule has 3 aromatic carbocycles. The van der Waals surface area contributed by atoms with Crippen LogP contribution in [0.15, 0.2) is 77.0 Å². The van der Waals surface area contributed by atoms with E-state index in [0.717, 1.165) is 5.56 Å². The van der Waals surface area contributed by atoms with Crippen molar-refractivity contribution in [1.29, 1.82) is 0 Å². The number of nitrogens with one attached hydrogen (secondary N) is 1. The summed E-state index contributed by atoms with van der Waals surface area (Å²) in [6.07, 6.45) is 0. The third-order valence-corrected chi connectivity index (χ3v) is 6.03. The van der Waals surface area contributed by atoms with Crippen LogP contribution in [0, 0.1) is 18.6 Å². The molecule has 5 rings (SSSR count). The first kappa shape index (κ1) is 23.2. The van der Waals surface area contributed by atoms with Crippen molar-refractivity contribution in [2.75, 3.05) is 12.0 Å². The molecule has 36 heavy (non-hydrogen) atoms. The van der Waals surface area contributed by atoms with Gasteiger partial charge >= 0.3 is 6.03 Å². The summed E-state index contributed by atoms with van der Waals surface area (Å²) in [4.78, 5) is 19.2. The van der Waals surface area contributed by atoms with Crippen molar-refractivity contribution < 1.29 is 22.8 Å². The minimum absolute atomic E-state index is 0.0934. The van der Waals surface area contributed by atoms with Gasteiger partial charge in [0.2, 0.25) is 5.82 Å². The minimum atomic E-state index is -0.754. The summed E-state index contributed by atoms with van der Waals surface area (Å²) >= 11 is 0. The maximum atomic E-state index is 14.3. The lowest BCUT2D eigenvalue weighted by Crippen LogP contribution is -2.46. The fourth-order valence-corrected chi connectivity index (χ4v) is 4.22. The first-order chi connectivity index (χ1) is 17.4. The number of nitrogens with zero attached hydrogens (tertiary/aromatic N) is 3. The number of carbonyl (C=O) groups excluding carboxylic acids is 1. The zero-order valence-corrected chi connectivity index (χ0v) is 19.8. The smallest absolute Gasteiger partial charge is 0.326 e. The second-order valence-corrected chi connectivity index (χ2v) is 8.38. The molecule has 7 nitrogen and oxygen atoms in total. The number of aryl methyl sites for hydroxylation is 1. The number of urea groups is 1. The molecule has 0 saturated heterocycles. The molecule has 2 amide bonds. The van der Waals surface area contributed by atoms with Crippen molar-refractivity contribution in [3.63, 3.8) is 0 Å². The van der Waals surface area contributed by atoms with E-state index in [1.165, 1.54) is 36.3 Å². The first-order valence-electron chi connectivity index (χ1n) is 11.2. The standard InChI is InChI=1S/C27H22F2N4O3/c1-15-7-10-20(11-8-15)33-16(2)23(24(30-27(33)34)17-5-4-6-19(28)13-17)26-31-25(32-36-26)18-9-12-22(35-3)21(29)14-18/h4-14,24H,1-3H3,(H,30,34). The number of halogens is 2. The van der Waals surface area contributed by atoms with E-state index in [-0.39, 0.29) is 23.5 Å². The Kier molecular flexibility index (Phi) is 5.97. The number of hydrogen-bond donors (Lipinski definition) is 1. The molecule has 4 aromatic rings.